The van der Waals surface area contributed by atoms with Gasteiger partial charge < -0.3 is 4.74 Å². The van der Waals surface area contributed by atoms with Gasteiger partial charge in [-0.2, -0.15) is 5.10 Å². The van der Waals surface area contributed by atoms with E-state index in [1.165, 1.54) is 6.20 Å². The lowest BCUT2D eigenvalue weighted by molar-refractivity contribution is -0.0908. The first-order valence-electron chi connectivity index (χ1n) is 5.84. The Kier molecular flexibility index (Phi) is 3.25. The second-order valence-corrected chi connectivity index (χ2v) is 7.00. The average Bonchev–Trinajstić information content (AvgIpc) is 2.71. The van der Waals surface area contributed by atoms with Crippen molar-refractivity contribution < 1.29 is 13.2 Å². The molecule has 6 nitrogen and oxygen atoms in total. The smallest absolute Gasteiger partial charge is 0.244 e. The van der Waals surface area contributed by atoms with Gasteiger partial charge in [0.25, 0.3) is 0 Å². The summed E-state index contributed by atoms with van der Waals surface area (Å²) in [7, 11) is -1.86. The van der Waals surface area contributed by atoms with Gasteiger partial charge in [0.05, 0.1) is 18.0 Å². The Labute approximate surface area is 107 Å². The number of hydrogen-bond acceptors (Lipinski definition) is 4. The van der Waals surface area contributed by atoms with Gasteiger partial charge >= 0.3 is 0 Å². The van der Waals surface area contributed by atoms with Crippen LogP contribution in [0.5, 0.6) is 0 Å². The summed E-state index contributed by atoms with van der Waals surface area (Å²) in [5.74, 6) is 0. The molecule has 2 atom stereocenters. The molecule has 1 fully saturated rings. The van der Waals surface area contributed by atoms with Crippen LogP contribution in [0.4, 0.5) is 0 Å². The summed E-state index contributed by atoms with van der Waals surface area (Å²) in [6.07, 6.45) is 2.12. The largest absolute Gasteiger partial charge is 0.381 e. The number of hydrogen-bond donors (Lipinski definition) is 2. The zero-order valence-corrected chi connectivity index (χ0v) is 11.8. The van der Waals surface area contributed by atoms with E-state index in [0.29, 0.717) is 12.1 Å². The molecular formula is C11H19N3O3S. The van der Waals surface area contributed by atoms with E-state index >= 15 is 0 Å². The molecule has 102 valence electrons. The van der Waals surface area contributed by atoms with Crippen molar-refractivity contribution in [1.82, 2.24) is 14.9 Å². The van der Waals surface area contributed by atoms with Gasteiger partial charge in [0.15, 0.2) is 0 Å². The molecule has 0 radical (unpaired) electrons. The molecule has 0 amide bonds. The van der Waals surface area contributed by atoms with Crippen molar-refractivity contribution in [2.45, 2.75) is 44.2 Å². The van der Waals surface area contributed by atoms with E-state index in [1.54, 1.807) is 14.0 Å². The standard InChI is InChI=1S/C11H19N3O3S/c1-7-8(6-12-13-7)18(15,16)14-9-5-10(17-4)11(9,2)3/h6,9-10,14H,5H2,1-4H3,(H,12,13). The zero-order chi connectivity index (χ0) is 13.6. The van der Waals surface area contributed by atoms with E-state index in [-0.39, 0.29) is 22.5 Å². The van der Waals surface area contributed by atoms with E-state index in [1.807, 2.05) is 13.8 Å². The SMILES string of the molecule is COC1CC(NS(=O)(=O)c2cn[nH]c2C)C1(C)C. The van der Waals surface area contributed by atoms with Gasteiger partial charge in [-0.15, -0.1) is 0 Å². The van der Waals surface area contributed by atoms with Crippen LogP contribution in [-0.2, 0) is 14.8 Å². The minimum Gasteiger partial charge on any atom is -0.381 e. The number of ether oxygens (including phenoxy) is 1. The topological polar surface area (TPSA) is 84.1 Å². The van der Waals surface area contributed by atoms with Crippen LogP contribution in [0.15, 0.2) is 11.1 Å². The molecule has 0 aliphatic heterocycles. The summed E-state index contributed by atoms with van der Waals surface area (Å²) < 4.78 is 32.4. The van der Waals surface area contributed by atoms with Gasteiger partial charge in [0.2, 0.25) is 10.0 Å². The molecule has 1 aliphatic carbocycles. The van der Waals surface area contributed by atoms with Crippen molar-refractivity contribution in [2.75, 3.05) is 7.11 Å². The van der Waals surface area contributed by atoms with Crippen LogP contribution in [-0.4, -0.2) is 37.9 Å². The van der Waals surface area contributed by atoms with Gasteiger partial charge in [-0.1, -0.05) is 13.8 Å². The second-order valence-electron chi connectivity index (χ2n) is 5.31. The number of nitrogens with zero attached hydrogens (tertiary/aromatic N) is 1. The van der Waals surface area contributed by atoms with Crippen LogP contribution in [0, 0.1) is 12.3 Å². The molecule has 1 heterocycles. The predicted molar refractivity (Wildman–Crippen MR) is 66.6 cm³/mol. The number of aromatic nitrogens is 2. The van der Waals surface area contributed by atoms with Crippen molar-refractivity contribution in [1.29, 1.82) is 0 Å². The predicted octanol–water partition coefficient (Wildman–Crippen LogP) is 0.810. The van der Waals surface area contributed by atoms with Gasteiger partial charge in [-0.3, -0.25) is 5.10 Å². The highest BCUT2D eigenvalue weighted by Crippen LogP contribution is 2.43. The molecule has 0 saturated heterocycles. The molecule has 1 aromatic heterocycles. The molecule has 0 aromatic carbocycles. The summed E-state index contributed by atoms with van der Waals surface area (Å²) in [4.78, 5) is 0.208. The summed E-state index contributed by atoms with van der Waals surface area (Å²) in [5, 5.41) is 6.37. The number of aryl methyl sites for hydroxylation is 1. The molecule has 2 rings (SSSR count). The first-order chi connectivity index (χ1) is 8.29. The van der Waals surface area contributed by atoms with Crippen molar-refractivity contribution in [2.24, 2.45) is 5.41 Å². The third-order valence-corrected chi connectivity index (χ3v) is 5.42. The fraction of sp³-hybridized carbons (Fsp3) is 0.727. The van der Waals surface area contributed by atoms with Crippen LogP contribution in [0.3, 0.4) is 0 Å². The van der Waals surface area contributed by atoms with E-state index in [2.05, 4.69) is 14.9 Å². The van der Waals surface area contributed by atoms with Gasteiger partial charge in [-0.25, -0.2) is 13.1 Å². The van der Waals surface area contributed by atoms with Crippen LogP contribution >= 0.6 is 0 Å². The monoisotopic (exact) mass is 273 g/mol. The highest BCUT2D eigenvalue weighted by atomic mass is 32.2. The first kappa shape index (κ1) is 13.5. The third kappa shape index (κ3) is 2.06. The average molecular weight is 273 g/mol. The second kappa shape index (κ2) is 4.32. The molecule has 1 aromatic rings. The summed E-state index contributed by atoms with van der Waals surface area (Å²) in [6, 6.07) is -0.109. The molecule has 0 spiro atoms. The third-order valence-electron chi connectivity index (χ3n) is 3.83. The molecule has 0 bridgehead atoms. The summed E-state index contributed by atoms with van der Waals surface area (Å²) >= 11 is 0. The Morgan fingerprint density at radius 1 is 1.56 bits per heavy atom. The maximum absolute atomic E-state index is 12.2. The number of nitrogens with one attached hydrogen (secondary N) is 2. The van der Waals surface area contributed by atoms with Crippen LogP contribution in [0.2, 0.25) is 0 Å². The Bertz CT molecular complexity index is 535. The fourth-order valence-corrected chi connectivity index (χ4v) is 3.89. The number of aromatic amines is 1. The number of H-pyrrole nitrogens is 1. The molecule has 2 N–H and O–H groups in total. The van der Waals surface area contributed by atoms with Crippen molar-refractivity contribution in [3.63, 3.8) is 0 Å². The zero-order valence-electron chi connectivity index (χ0n) is 11.0. The van der Waals surface area contributed by atoms with E-state index < -0.39 is 10.0 Å². The van der Waals surface area contributed by atoms with Gasteiger partial charge in [0, 0.05) is 18.6 Å². The molecule has 1 saturated carbocycles. The Hall–Kier alpha value is -0.920. The fourth-order valence-electron chi connectivity index (χ4n) is 2.35. The first-order valence-corrected chi connectivity index (χ1v) is 7.32. The quantitative estimate of drug-likeness (QED) is 0.850. The Morgan fingerprint density at radius 2 is 2.22 bits per heavy atom. The van der Waals surface area contributed by atoms with Crippen molar-refractivity contribution in [3.8, 4) is 0 Å². The van der Waals surface area contributed by atoms with E-state index in [4.69, 9.17) is 4.74 Å². The number of methoxy groups -OCH3 is 1. The lowest BCUT2D eigenvalue weighted by Crippen LogP contribution is -2.61. The van der Waals surface area contributed by atoms with Crippen molar-refractivity contribution >= 4 is 10.0 Å². The minimum atomic E-state index is -3.51. The van der Waals surface area contributed by atoms with E-state index in [0.717, 1.165) is 0 Å². The molecular weight excluding hydrogens is 254 g/mol. The highest BCUT2D eigenvalue weighted by molar-refractivity contribution is 7.89. The van der Waals surface area contributed by atoms with Crippen LogP contribution in [0.1, 0.15) is 26.0 Å². The van der Waals surface area contributed by atoms with Gasteiger partial charge in [0.1, 0.15) is 4.90 Å². The van der Waals surface area contributed by atoms with E-state index in [9.17, 15) is 8.42 Å². The maximum Gasteiger partial charge on any atom is 0.244 e. The highest BCUT2D eigenvalue weighted by Gasteiger charge is 2.50. The maximum atomic E-state index is 12.2. The van der Waals surface area contributed by atoms with Crippen molar-refractivity contribution in [3.05, 3.63) is 11.9 Å². The summed E-state index contributed by atoms with van der Waals surface area (Å²) in [5.41, 5.74) is 0.349. The number of sulfonamides is 1. The van der Waals surface area contributed by atoms with Crippen LogP contribution in [0.25, 0.3) is 0 Å². The Morgan fingerprint density at radius 3 is 2.67 bits per heavy atom. The molecule has 7 heteroatoms. The molecule has 2 unspecified atom stereocenters. The minimum absolute atomic E-state index is 0.0932. The normalized spacial score (nSPS) is 26.9. The lowest BCUT2D eigenvalue weighted by atomic mass is 9.65. The summed E-state index contributed by atoms with van der Waals surface area (Å²) in [6.45, 7) is 5.69. The number of rotatable bonds is 4. The lowest BCUT2D eigenvalue weighted by Gasteiger charge is -2.50. The molecule has 1 aliphatic rings. The van der Waals surface area contributed by atoms with Crippen LogP contribution < -0.4 is 4.72 Å². The van der Waals surface area contributed by atoms with Gasteiger partial charge in [-0.05, 0) is 13.3 Å². The Balaban J connectivity index is 2.14. The molecule has 18 heavy (non-hydrogen) atoms.